The number of amides is 5. The van der Waals surface area contributed by atoms with E-state index in [1.54, 1.807) is 58.8 Å². The Morgan fingerprint density at radius 3 is 1.05 bits per heavy atom. The Kier molecular flexibility index (Phi) is 30.1. The SMILES string of the molecule is CC(C)OC(=O)N1CCc2c([nH]c3ccc(Cl)cc23)C1c1ccc([N+](=O)[O-])cc1.CCOC(=O)N1CCc2c([nH]c3ccc(Cl)cc23)C1c1ccc(Br)cc1.COC(=O)N1CCc2c([nH]c3ccc(Cl)cc23)C1c1cccc(F)c1F.COc1ccc(C2c3[nH]c4ccc(Cl)cc4c3CCN2C(=O)OC(C)C)cc1.O=C(OCCCl)N1CCc2c([nH]c3ccc(Cl)cc23)C1c1ccc(Cl)cc1. The number of ether oxygens (including phenoxy) is 6. The molecule has 15 aromatic rings. The number of rotatable bonds is 12. The van der Waals surface area contributed by atoms with Crippen molar-refractivity contribution in [3.63, 3.8) is 0 Å². The molecule has 5 aliphatic rings. The first-order chi connectivity index (χ1) is 65.5. The molecule has 704 valence electrons. The number of hydrogen-bond donors (Lipinski definition) is 5. The van der Waals surface area contributed by atoms with Crippen molar-refractivity contribution in [2.45, 2.75) is 109 Å². The van der Waals surface area contributed by atoms with Gasteiger partial charge >= 0.3 is 30.5 Å². The summed E-state index contributed by atoms with van der Waals surface area (Å²) < 4.78 is 61.1. The minimum absolute atomic E-state index is 0.00418. The molecule has 0 saturated heterocycles. The quantitative estimate of drug-likeness (QED) is 0.0330. The van der Waals surface area contributed by atoms with Gasteiger partial charge in [-0.3, -0.25) is 34.6 Å². The van der Waals surface area contributed by atoms with E-state index in [4.69, 9.17) is 110 Å². The Balaban J connectivity index is 0.000000123. The van der Waals surface area contributed by atoms with Crippen LogP contribution in [0.15, 0.2) is 211 Å². The molecule has 0 spiro atoms. The van der Waals surface area contributed by atoms with Crippen LogP contribution in [0.2, 0.25) is 30.1 Å². The van der Waals surface area contributed by atoms with Crippen LogP contribution in [-0.2, 0) is 55.8 Å². The van der Waals surface area contributed by atoms with E-state index in [9.17, 15) is 42.9 Å². The van der Waals surface area contributed by atoms with Gasteiger partial charge < -0.3 is 53.3 Å². The van der Waals surface area contributed by atoms with Gasteiger partial charge in [0, 0.05) is 168 Å². The summed E-state index contributed by atoms with van der Waals surface area (Å²) in [7, 11) is 2.91. The lowest BCUT2D eigenvalue weighted by Crippen LogP contribution is -2.41. The molecule has 0 bridgehead atoms. The number of H-pyrrole nitrogens is 5. The normalized spacial score (nSPS) is 16.4. The van der Waals surface area contributed by atoms with Crippen LogP contribution in [0.5, 0.6) is 5.75 Å². The van der Waals surface area contributed by atoms with Gasteiger partial charge in [0.15, 0.2) is 11.6 Å². The lowest BCUT2D eigenvalue weighted by Gasteiger charge is -2.35. The number of nitrogens with one attached hydrogen (secondary N) is 5. The molecule has 5 amide bonds. The first kappa shape index (κ1) is 96.9. The highest BCUT2D eigenvalue weighted by Crippen LogP contribution is 2.47. The zero-order valence-corrected chi connectivity index (χ0v) is 81.5. The fourth-order valence-corrected chi connectivity index (χ4v) is 20.0. The monoisotopic (exact) mass is 2040 g/mol. The maximum Gasteiger partial charge on any atom is 0.410 e. The van der Waals surface area contributed by atoms with Gasteiger partial charge in [-0.1, -0.05) is 134 Å². The standard InChI is InChI=1S/C22H23ClN2O3.C21H20ClN3O4.C20H18BrClN2O2.C20H17Cl3N2O2.C19H15ClF2N2O2/c1-13(2)28-22(26)25-11-10-17-18-12-15(23)6-9-19(18)24-20(17)21(25)14-4-7-16(27-3)8-5-14;1-12(2)29-21(26)24-10-9-16-17-11-14(22)5-8-18(17)23-19(16)20(24)13-3-6-15(7-4-13)25(27)28;1-2-26-20(25)24-10-9-15-16-11-14(22)7-8-17(16)23-18(15)19(24)12-3-5-13(21)6-4-12;21-8-10-27-20(26)25-9-7-15-16-11-14(23)5-6-17(16)24-18(15)19(25)12-1-3-13(22)4-2-12;1-26-19(25)24-8-7-11-13-9-10(20)5-6-15(13)23-17(11)18(24)12-3-2-4-14(21)16(12)22/h4-9,12-13,21,24H,10-11H2,1-3H3;3-8,11-12,20,23H,9-10H2,1-2H3;3-8,11,19,23H,2,9-10H2,1H3;1-6,11,19,24H,7-10H2;2-6,9,18,23H,7-8H2,1H3. The summed E-state index contributed by atoms with van der Waals surface area (Å²) in [4.78, 5) is 99.4. The number of methoxy groups -OCH3 is 2. The van der Waals surface area contributed by atoms with Gasteiger partial charge in [-0.15, -0.1) is 11.6 Å². The van der Waals surface area contributed by atoms with Gasteiger partial charge in [0.1, 0.15) is 42.6 Å². The van der Waals surface area contributed by atoms with E-state index in [1.165, 1.54) is 53.0 Å². The van der Waals surface area contributed by atoms with E-state index in [1.807, 2.05) is 178 Å². The third-order valence-corrected chi connectivity index (χ3v) is 26.6. The number of aromatic amines is 5. The fourth-order valence-electron chi connectivity index (χ4n) is 18.7. The van der Waals surface area contributed by atoms with Crippen molar-refractivity contribution in [1.29, 1.82) is 0 Å². The number of nitro groups is 1. The lowest BCUT2D eigenvalue weighted by atomic mass is 9.92. The van der Waals surface area contributed by atoms with Crippen LogP contribution in [0, 0.1) is 21.7 Å². The van der Waals surface area contributed by atoms with Crippen LogP contribution in [0.3, 0.4) is 0 Å². The number of hydrogen-bond acceptors (Lipinski definition) is 13. The molecule has 5 unspecified atom stereocenters. The van der Waals surface area contributed by atoms with Gasteiger partial charge in [-0.2, -0.15) is 0 Å². The fraction of sp³-hybridized carbons (Fsp3) is 0.265. The molecule has 5 aromatic heterocycles. The van der Waals surface area contributed by atoms with E-state index >= 15 is 0 Å². The van der Waals surface area contributed by atoms with E-state index < -0.39 is 40.8 Å². The number of nitro benzene ring substituents is 1. The smallest absolute Gasteiger partial charge is 0.410 e. The average molecular weight is 2050 g/mol. The van der Waals surface area contributed by atoms with Crippen LogP contribution in [-0.4, -0.2) is 163 Å². The molecule has 24 nitrogen and oxygen atoms in total. The van der Waals surface area contributed by atoms with Crippen molar-refractivity contribution in [2.24, 2.45) is 0 Å². The molecule has 10 aromatic carbocycles. The number of non-ortho nitro benzene ring substituents is 1. The third kappa shape index (κ3) is 20.5. The first-order valence-electron chi connectivity index (χ1n) is 44.0. The van der Waals surface area contributed by atoms with Crippen LogP contribution < -0.4 is 4.74 Å². The second-order valence-electron chi connectivity index (χ2n) is 33.5. The van der Waals surface area contributed by atoms with Gasteiger partial charge in [0.2, 0.25) is 0 Å². The van der Waals surface area contributed by atoms with E-state index in [0.29, 0.717) is 88.0 Å². The predicted octanol–water partition coefficient (Wildman–Crippen LogP) is 26.8. The van der Waals surface area contributed by atoms with Gasteiger partial charge in [0.05, 0.1) is 43.8 Å². The summed E-state index contributed by atoms with van der Waals surface area (Å²) in [5.74, 6) is -0.893. The van der Waals surface area contributed by atoms with Crippen LogP contribution in [0.4, 0.5) is 38.4 Å². The molecule has 5 aliphatic heterocycles. The van der Waals surface area contributed by atoms with Crippen LogP contribution in [0.1, 0.15) is 149 Å². The van der Waals surface area contributed by atoms with Crippen LogP contribution in [0.25, 0.3) is 54.5 Å². The molecule has 34 heteroatoms. The zero-order valence-electron chi connectivity index (χ0n) is 74.6. The second kappa shape index (κ2) is 42.2. The predicted molar refractivity (Wildman–Crippen MR) is 531 cm³/mol. The molecule has 5 N–H and O–H groups in total. The highest BCUT2D eigenvalue weighted by molar-refractivity contribution is 9.10. The molecule has 20 rings (SSSR count). The van der Waals surface area contributed by atoms with Crippen LogP contribution >= 0.6 is 97.1 Å². The summed E-state index contributed by atoms with van der Waals surface area (Å²) in [6, 6.07) is 60.2. The Hall–Kier alpha value is -12.2. The lowest BCUT2D eigenvalue weighted by molar-refractivity contribution is -0.384. The maximum absolute atomic E-state index is 14.6. The summed E-state index contributed by atoms with van der Waals surface area (Å²) in [5, 5.41) is 20.3. The maximum atomic E-state index is 14.6. The van der Waals surface area contributed by atoms with Gasteiger partial charge in [0.25, 0.3) is 5.69 Å². The summed E-state index contributed by atoms with van der Waals surface area (Å²) in [6.07, 6.45) is 1.04. The number of nitrogens with zero attached hydrogens (tertiary/aromatic N) is 6. The number of alkyl halides is 1. The molecule has 0 radical (unpaired) electrons. The van der Waals surface area contributed by atoms with E-state index in [0.717, 1.165) is 146 Å². The van der Waals surface area contributed by atoms with Crippen molar-refractivity contribution in [3.8, 4) is 5.75 Å². The molecule has 136 heavy (non-hydrogen) atoms. The number of benzene rings is 10. The Labute approximate surface area is 824 Å². The van der Waals surface area contributed by atoms with E-state index in [2.05, 4.69) is 40.8 Å². The summed E-state index contributed by atoms with van der Waals surface area (Å²) in [5.41, 5.74) is 18.8. The molecule has 0 fully saturated rings. The zero-order chi connectivity index (χ0) is 96.2. The van der Waals surface area contributed by atoms with Crippen molar-refractivity contribution in [2.75, 3.05) is 66.0 Å². The number of aromatic nitrogens is 5. The molecule has 10 heterocycles. The van der Waals surface area contributed by atoms with Crippen molar-refractivity contribution in [1.82, 2.24) is 49.4 Å². The summed E-state index contributed by atoms with van der Waals surface area (Å²) in [6.45, 7) is 12.2. The Morgan fingerprint density at radius 1 is 0.419 bits per heavy atom. The number of carbonyl (C=O) groups is 5. The topological polar surface area (TPSA) is 279 Å². The molecular formula is C102H93BrCl7F2N11O13. The Bertz CT molecular complexity index is 7000. The van der Waals surface area contributed by atoms with Crippen molar-refractivity contribution < 1.29 is 66.1 Å². The number of carbonyl (C=O) groups excluding carboxylic acids is 5. The highest BCUT2D eigenvalue weighted by atomic mass is 79.9. The van der Waals surface area contributed by atoms with Gasteiger partial charge in [-0.25, -0.2) is 32.8 Å². The second-order valence-corrected chi connectivity index (χ2v) is 37.4. The first-order valence-corrected chi connectivity index (χ1v) is 47.6. The minimum atomic E-state index is -0.976. The molecule has 0 aliphatic carbocycles. The molecular weight excluding hydrogens is 1950 g/mol. The number of fused-ring (bicyclic) bond motifs is 15. The van der Waals surface area contributed by atoms with Crippen molar-refractivity contribution in [3.05, 3.63) is 347 Å². The Morgan fingerprint density at radius 2 is 0.728 bits per heavy atom. The highest BCUT2D eigenvalue weighted by Gasteiger charge is 2.43. The number of halogens is 10. The summed E-state index contributed by atoms with van der Waals surface area (Å²) >= 11 is 46.1. The molecule has 0 saturated carbocycles. The average Bonchev–Trinajstić information content (AvgIpc) is 1.59. The van der Waals surface area contributed by atoms with Crippen molar-refractivity contribution >= 4 is 188 Å². The third-order valence-electron chi connectivity index (χ3n) is 24.5. The molecule has 5 atom stereocenters. The van der Waals surface area contributed by atoms with Gasteiger partial charge in [-0.05, 0) is 262 Å². The largest absolute Gasteiger partial charge is 0.497 e. The minimum Gasteiger partial charge on any atom is -0.497 e. The van der Waals surface area contributed by atoms with E-state index in [-0.39, 0.29) is 72.4 Å².